The molecule has 0 radical (unpaired) electrons. The average molecular weight is 284 g/mol. The van der Waals surface area contributed by atoms with Crippen LogP contribution < -0.4 is 10.1 Å². The van der Waals surface area contributed by atoms with Crippen molar-refractivity contribution in [1.29, 1.82) is 0 Å². The molecule has 3 nitrogen and oxygen atoms in total. The highest BCUT2D eigenvalue weighted by molar-refractivity contribution is 7.22. The minimum absolute atomic E-state index is 0.847. The van der Waals surface area contributed by atoms with Gasteiger partial charge in [0.15, 0.2) is 5.13 Å². The third-order valence-electron chi connectivity index (χ3n) is 3.16. The summed E-state index contributed by atoms with van der Waals surface area (Å²) in [5, 5.41) is 4.36. The minimum Gasteiger partial charge on any atom is -0.496 e. The number of aromatic nitrogens is 1. The second kappa shape index (κ2) is 5.92. The molecule has 0 bridgehead atoms. The number of para-hydroxylation sites is 2. The Morgan fingerprint density at radius 2 is 1.90 bits per heavy atom. The molecule has 0 saturated heterocycles. The third-order valence-corrected chi connectivity index (χ3v) is 4.15. The molecule has 2 aromatic carbocycles. The van der Waals surface area contributed by atoms with Crippen LogP contribution in [0.15, 0.2) is 48.5 Å². The standard InChI is InChI=1S/C16H16N2OS/c1-19-14-8-4-2-6-12(14)10-11-17-16-18-13-7-3-5-9-15(13)20-16/h2-9H,10-11H2,1H3,(H,17,18). The van der Waals surface area contributed by atoms with Crippen molar-refractivity contribution in [1.82, 2.24) is 4.98 Å². The topological polar surface area (TPSA) is 34.1 Å². The first kappa shape index (κ1) is 12.9. The lowest BCUT2D eigenvalue weighted by atomic mass is 10.1. The number of hydrogen-bond acceptors (Lipinski definition) is 4. The van der Waals surface area contributed by atoms with Crippen LogP contribution in [0, 0.1) is 0 Å². The highest BCUT2D eigenvalue weighted by Crippen LogP contribution is 2.25. The van der Waals surface area contributed by atoms with Gasteiger partial charge in [-0.3, -0.25) is 0 Å². The van der Waals surface area contributed by atoms with E-state index < -0.39 is 0 Å². The van der Waals surface area contributed by atoms with E-state index in [-0.39, 0.29) is 0 Å². The summed E-state index contributed by atoms with van der Waals surface area (Å²) in [4.78, 5) is 4.56. The maximum absolute atomic E-state index is 5.36. The van der Waals surface area contributed by atoms with Gasteiger partial charge in [0.2, 0.25) is 0 Å². The van der Waals surface area contributed by atoms with Crippen LogP contribution in [0.2, 0.25) is 0 Å². The van der Waals surface area contributed by atoms with Crippen LogP contribution in [-0.4, -0.2) is 18.6 Å². The fourth-order valence-corrected chi connectivity index (χ4v) is 3.05. The Morgan fingerprint density at radius 1 is 1.10 bits per heavy atom. The van der Waals surface area contributed by atoms with E-state index in [0.717, 1.165) is 29.4 Å². The zero-order valence-corrected chi connectivity index (χ0v) is 12.1. The summed E-state index contributed by atoms with van der Waals surface area (Å²) in [5.74, 6) is 0.943. The Labute approximate surface area is 122 Å². The summed E-state index contributed by atoms with van der Waals surface area (Å²) in [6.45, 7) is 0.847. The van der Waals surface area contributed by atoms with E-state index in [1.165, 1.54) is 10.3 Å². The molecule has 3 aromatic rings. The van der Waals surface area contributed by atoms with Gasteiger partial charge in [0, 0.05) is 6.54 Å². The molecule has 0 fully saturated rings. The molecule has 3 rings (SSSR count). The summed E-state index contributed by atoms with van der Waals surface area (Å²) >= 11 is 1.69. The number of anilines is 1. The van der Waals surface area contributed by atoms with Crippen LogP contribution in [0.1, 0.15) is 5.56 Å². The second-order valence-corrected chi connectivity index (χ2v) is 5.51. The van der Waals surface area contributed by atoms with Gasteiger partial charge < -0.3 is 10.1 Å². The number of methoxy groups -OCH3 is 1. The highest BCUT2D eigenvalue weighted by Gasteiger charge is 2.04. The van der Waals surface area contributed by atoms with Crippen molar-refractivity contribution in [3.8, 4) is 5.75 Å². The number of ether oxygens (including phenoxy) is 1. The maximum atomic E-state index is 5.36. The van der Waals surface area contributed by atoms with Crippen molar-refractivity contribution in [3.63, 3.8) is 0 Å². The number of fused-ring (bicyclic) bond motifs is 1. The number of hydrogen-bond donors (Lipinski definition) is 1. The van der Waals surface area contributed by atoms with Gasteiger partial charge in [0.25, 0.3) is 0 Å². The summed E-state index contributed by atoms with van der Waals surface area (Å²) in [6.07, 6.45) is 0.917. The average Bonchev–Trinajstić information content (AvgIpc) is 2.90. The van der Waals surface area contributed by atoms with E-state index in [2.05, 4.69) is 22.4 Å². The quantitative estimate of drug-likeness (QED) is 0.770. The summed E-state index contributed by atoms with van der Waals surface area (Å²) < 4.78 is 6.57. The fourth-order valence-electron chi connectivity index (χ4n) is 2.16. The van der Waals surface area contributed by atoms with Crippen LogP contribution in [0.25, 0.3) is 10.2 Å². The first-order chi connectivity index (χ1) is 9.86. The van der Waals surface area contributed by atoms with Gasteiger partial charge in [-0.1, -0.05) is 41.7 Å². The molecule has 0 aliphatic carbocycles. The molecule has 0 aliphatic heterocycles. The van der Waals surface area contributed by atoms with Gasteiger partial charge in [0.05, 0.1) is 17.3 Å². The number of benzene rings is 2. The predicted molar refractivity (Wildman–Crippen MR) is 84.8 cm³/mol. The van der Waals surface area contributed by atoms with E-state index in [4.69, 9.17) is 4.74 Å². The maximum Gasteiger partial charge on any atom is 0.183 e. The van der Waals surface area contributed by atoms with E-state index in [0.29, 0.717) is 0 Å². The second-order valence-electron chi connectivity index (χ2n) is 4.48. The van der Waals surface area contributed by atoms with E-state index in [1.54, 1.807) is 18.4 Å². The first-order valence-corrected chi connectivity index (χ1v) is 7.40. The molecule has 0 unspecified atom stereocenters. The van der Waals surface area contributed by atoms with Gasteiger partial charge >= 0.3 is 0 Å². The lowest BCUT2D eigenvalue weighted by molar-refractivity contribution is 0.410. The van der Waals surface area contributed by atoms with E-state index in [1.807, 2.05) is 36.4 Å². The van der Waals surface area contributed by atoms with Crippen LogP contribution in [0.3, 0.4) is 0 Å². The monoisotopic (exact) mass is 284 g/mol. The number of rotatable bonds is 5. The van der Waals surface area contributed by atoms with Gasteiger partial charge in [-0.15, -0.1) is 0 Å². The van der Waals surface area contributed by atoms with E-state index >= 15 is 0 Å². The Bertz CT molecular complexity index is 675. The zero-order valence-electron chi connectivity index (χ0n) is 11.3. The smallest absolute Gasteiger partial charge is 0.183 e. The van der Waals surface area contributed by atoms with Crippen molar-refractivity contribution in [2.24, 2.45) is 0 Å². The Balaban J connectivity index is 1.65. The summed E-state index contributed by atoms with van der Waals surface area (Å²) in [6, 6.07) is 16.3. The lowest BCUT2D eigenvalue weighted by Gasteiger charge is -2.08. The zero-order chi connectivity index (χ0) is 13.8. The van der Waals surface area contributed by atoms with Gasteiger partial charge in [-0.2, -0.15) is 0 Å². The van der Waals surface area contributed by atoms with Crippen molar-refractivity contribution >= 4 is 26.7 Å². The largest absolute Gasteiger partial charge is 0.496 e. The number of thiazole rings is 1. The summed E-state index contributed by atoms with van der Waals surface area (Å²) in [5.41, 5.74) is 2.26. The Morgan fingerprint density at radius 3 is 2.75 bits per heavy atom. The predicted octanol–water partition coefficient (Wildman–Crippen LogP) is 3.96. The molecule has 0 aliphatic rings. The molecule has 102 valence electrons. The Hall–Kier alpha value is -2.07. The van der Waals surface area contributed by atoms with Crippen molar-refractivity contribution < 1.29 is 4.74 Å². The molecule has 0 saturated carbocycles. The van der Waals surface area contributed by atoms with Crippen LogP contribution in [0.4, 0.5) is 5.13 Å². The molecule has 1 N–H and O–H groups in total. The molecular formula is C16H16N2OS. The molecule has 0 spiro atoms. The Kier molecular flexibility index (Phi) is 3.83. The highest BCUT2D eigenvalue weighted by atomic mass is 32.1. The normalized spacial score (nSPS) is 10.7. The molecule has 0 amide bonds. The molecular weight excluding hydrogens is 268 g/mol. The summed E-state index contributed by atoms with van der Waals surface area (Å²) in [7, 11) is 1.71. The van der Waals surface area contributed by atoms with Crippen molar-refractivity contribution in [2.45, 2.75) is 6.42 Å². The number of nitrogens with one attached hydrogen (secondary N) is 1. The van der Waals surface area contributed by atoms with Gasteiger partial charge in [-0.25, -0.2) is 4.98 Å². The third kappa shape index (κ3) is 2.75. The number of nitrogens with zero attached hydrogens (tertiary/aromatic N) is 1. The molecule has 0 atom stereocenters. The SMILES string of the molecule is COc1ccccc1CCNc1nc2ccccc2s1. The van der Waals surface area contributed by atoms with E-state index in [9.17, 15) is 0 Å². The van der Waals surface area contributed by atoms with Gasteiger partial charge in [0.1, 0.15) is 5.75 Å². The minimum atomic E-state index is 0.847. The molecule has 4 heteroatoms. The fraction of sp³-hybridized carbons (Fsp3) is 0.188. The van der Waals surface area contributed by atoms with Crippen molar-refractivity contribution in [2.75, 3.05) is 19.0 Å². The first-order valence-electron chi connectivity index (χ1n) is 6.58. The lowest BCUT2D eigenvalue weighted by Crippen LogP contribution is -2.05. The molecule has 1 aromatic heterocycles. The molecule has 20 heavy (non-hydrogen) atoms. The van der Waals surface area contributed by atoms with Gasteiger partial charge in [-0.05, 0) is 30.2 Å². The van der Waals surface area contributed by atoms with Crippen LogP contribution >= 0.6 is 11.3 Å². The van der Waals surface area contributed by atoms with Crippen LogP contribution in [-0.2, 0) is 6.42 Å². The van der Waals surface area contributed by atoms with Crippen LogP contribution in [0.5, 0.6) is 5.75 Å². The molecule has 1 heterocycles. The van der Waals surface area contributed by atoms with Crippen molar-refractivity contribution in [3.05, 3.63) is 54.1 Å².